The Kier molecular flexibility index (Phi) is 7.46. The molecule has 0 aliphatic rings. The van der Waals surface area contributed by atoms with E-state index in [2.05, 4.69) is 22.3 Å². The van der Waals surface area contributed by atoms with Crippen LogP contribution in [0.15, 0.2) is 60.7 Å². The third kappa shape index (κ3) is 6.14. The van der Waals surface area contributed by atoms with Crippen LogP contribution in [0.1, 0.15) is 11.1 Å². The van der Waals surface area contributed by atoms with Crippen LogP contribution in [0.5, 0.6) is 0 Å². The van der Waals surface area contributed by atoms with Crippen molar-refractivity contribution >= 4 is 5.91 Å². The fraction of sp³-hybridized carbons (Fsp3) is 0.350. The van der Waals surface area contributed by atoms with Gasteiger partial charge in [-0.3, -0.25) is 9.69 Å². The van der Waals surface area contributed by atoms with Crippen LogP contribution in [0, 0.1) is 0 Å². The van der Waals surface area contributed by atoms with Crippen molar-refractivity contribution in [2.45, 2.75) is 19.0 Å². The predicted molar refractivity (Wildman–Crippen MR) is 96.7 cm³/mol. The molecule has 0 aromatic heterocycles. The van der Waals surface area contributed by atoms with Crippen LogP contribution in [0.4, 0.5) is 0 Å². The molecule has 0 saturated heterocycles. The zero-order chi connectivity index (χ0) is 17.2. The van der Waals surface area contributed by atoms with Gasteiger partial charge >= 0.3 is 0 Å². The number of ether oxygens (including phenoxy) is 1. The Morgan fingerprint density at radius 2 is 1.62 bits per heavy atom. The monoisotopic (exact) mass is 326 g/mol. The Morgan fingerprint density at radius 3 is 2.21 bits per heavy atom. The summed E-state index contributed by atoms with van der Waals surface area (Å²) in [6.45, 7) is 1.51. The molecule has 0 spiro atoms. The summed E-state index contributed by atoms with van der Waals surface area (Å²) in [6.07, 6.45) is 0.858. The third-order valence-electron chi connectivity index (χ3n) is 4.02. The Morgan fingerprint density at radius 1 is 1.04 bits per heavy atom. The number of nitrogens with one attached hydrogen (secondary N) is 1. The minimum atomic E-state index is 0.0236. The fourth-order valence-electron chi connectivity index (χ4n) is 2.63. The maximum Gasteiger partial charge on any atom is 0.234 e. The van der Waals surface area contributed by atoms with E-state index in [4.69, 9.17) is 4.74 Å². The van der Waals surface area contributed by atoms with Crippen LogP contribution in [0.25, 0.3) is 0 Å². The van der Waals surface area contributed by atoms with Gasteiger partial charge in [0.25, 0.3) is 0 Å². The lowest BCUT2D eigenvalue weighted by atomic mass is 10.1. The lowest BCUT2D eigenvalue weighted by Crippen LogP contribution is -2.43. The molecule has 0 aliphatic carbocycles. The summed E-state index contributed by atoms with van der Waals surface area (Å²) in [4.78, 5) is 14.2. The van der Waals surface area contributed by atoms with Gasteiger partial charge in [0.1, 0.15) is 0 Å². The van der Waals surface area contributed by atoms with E-state index in [1.807, 2.05) is 55.6 Å². The van der Waals surface area contributed by atoms with E-state index in [1.165, 1.54) is 5.56 Å². The van der Waals surface area contributed by atoms with Gasteiger partial charge in [0.05, 0.1) is 13.2 Å². The molecule has 4 heteroatoms. The molecular weight excluding hydrogens is 300 g/mol. The lowest BCUT2D eigenvalue weighted by Gasteiger charge is -2.27. The van der Waals surface area contributed by atoms with Crippen molar-refractivity contribution in [3.63, 3.8) is 0 Å². The number of amides is 1. The Hall–Kier alpha value is -2.17. The average molecular weight is 326 g/mol. The standard InChI is InChI=1S/C20H26N2O2/c1-22(15-20(23)21-14-18-11-7-4-8-12-18)19(16-24-2)13-17-9-5-3-6-10-17/h3-12,19H,13-16H2,1-2H3,(H,21,23). The van der Waals surface area contributed by atoms with Crippen molar-refractivity contribution in [2.75, 3.05) is 27.3 Å². The van der Waals surface area contributed by atoms with Crippen molar-refractivity contribution in [1.29, 1.82) is 0 Å². The molecule has 2 rings (SSSR count). The predicted octanol–water partition coefficient (Wildman–Crippen LogP) is 2.49. The zero-order valence-corrected chi connectivity index (χ0v) is 14.4. The minimum Gasteiger partial charge on any atom is -0.383 e. The number of hydrogen-bond donors (Lipinski definition) is 1. The van der Waals surface area contributed by atoms with Crippen LogP contribution in [0.3, 0.4) is 0 Å². The van der Waals surface area contributed by atoms with Crippen molar-refractivity contribution in [3.05, 3.63) is 71.8 Å². The van der Waals surface area contributed by atoms with E-state index in [0.717, 1.165) is 12.0 Å². The molecule has 1 amide bonds. The summed E-state index contributed by atoms with van der Waals surface area (Å²) < 4.78 is 5.33. The van der Waals surface area contributed by atoms with Crippen LogP contribution in [0.2, 0.25) is 0 Å². The van der Waals surface area contributed by atoms with Gasteiger partial charge in [0.2, 0.25) is 5.91 Å². The molecule has 0 fully saturated rings. The summed E-state index contributed by atoms with van der Waals surface area (Å²) in [6, 6.07) is 20.4. The number of nitrogens with zero attached hydrogens (tertiary/aromatic N) is 1. The first-order chi connectivity index (χ1) is 11.7. The highest BCUT2D eigenvalue weighted by Gasteiger charge is 2.17. The van der Waals surface area contributed by atoms with Crippen LogP contribution in [-0.2, 0) is 22.5 Å². The van der Waals surface area contributed by atoms with Gasteiger partial charge < -0.3 is 10.1 Å². The van der Waals surface area contributed by atoms with Crippen molar-refractivity contribution in [1.82, 2.24) is 10.2 Å². The van der Waals surface area contributed by atoms with E-state index in [1.54, 1.807) is 7.11 Å². The second kappa shape index (κ2) is 9.85. The van der Waals surface area contributed by atoms with E-state index in [0.29, 0.717) is 19.7 Å². The summed E-state index contributed by atoms with van der Waals surface area (Å²) in [5, 5.41) is 2.97. The first-order valence-electron chi connectivity index (χ1n) is 8.22. The minimum absolute atomic E-state index is 0.0236. The molecule has 0 radical (unpaired) electrons. The highest BCUT2D eigenvalue weighted by Crippen LogP contribution is 2.08. The number of rotatable bonds is 9. The van der Waals surface area contributed by atoms with E-state index in [-0.39, 0.29) is 11.9 Å². The molecule has 24 heavy (non-hydrogen) atoms. The second-order valence-electron chi connectivity index (χ2n) is 5.98. The van der Waals surface area contributed by atoms with Crippen LogP contribution < -0.4 is 5.32 Å². The van der Waals surface area contributed by atoms with Gasteiger partial charge in [-0.2, -0.15) is 0 Å². The molecule has 4 nitrogen and oxygen atoms in total. The van der Waals surface area contributed by atoms with Gasteiger partial charge in [-0.25, -0.2) is 0 Å². The lowest BCUT2D eigenvalue weighted by molar-refractivity contribution is -0.122. The summed E-state index contributed by atoms with van der Waals surface area (Å²) >= 11 is 0. The Balaban J connectivity index is 1.84. The quantitative estimate of drug-likeness (QED) is 0.770. The molecule has 0 saturated carbocycles. The zero-order valence-electron chi connectivity index (χ0n) is 14.4. The molecule has 2 aromatic carbocycles. The third-order valence-corrected chi connectivity index (χ3v) is 4.02. The summed E-state index contributed by atoms with van der Waals surface area (Å²) in [5.41, 5.74) is 2.35. The first-order valence-corrected chi connectivity index (χ1v) is 8.22. The Labute approximate surface area is 144 Å². The largest absolute Gasteiger partial charge is 0.383 e. The van der Waals surface area contributed by atoms with Crippen molar-refractivity contribution in [3.8, 4) is 0 Å². The highest BCUT2D eigenvalue weighted by atomic mass is 16.5. The van der Waals surface area contributed by atoms with Crippen molar-refractivity contribution in [2.24, 2.45) is 0 Å². The van der Waals surface area contributed by atoms with Gasteiger partial charge in [-0.05, 0) is 24.6 Å². The van der Waals surface area contributed by atoms with Crippen LogP contribution >= 0.6 is 0 Å². The molecule has 1 atom stereocenters. The summed E-state index contributed by atoms with van der Waals surface area (Å²) in [7, 11) is 3.66. The van der Waals surface area contributed by atoms with Gasteiger partial charge in [0.15, 0.2) is 0 Å². The molecule has 0 bridgehead atoms. The average Bonchev–Trinajstić information content (AvgIpc) is 2.61. The molecule has 1 unspecified atom stereocenters. The van der Waals surface area contributed by atoms with Crippen molar-refractivity contribution < 1.29 is 9.53 Å². The molecular formula is C20H26N2O2. The van der Waals surface area contributed by atoms with Crippen LogP contribution in [-0.4, -0.2) is 44.2 Å². The molecule has 128 valence electrons. The number of benzene rings is 2. The van der Waals surface area contributed by atoms with Gasteiger partial charge in [-0.15, -0.1) is 0 Å². The normalized spacial score (nSPS) is 12.1. The molecule has 2 aromatic rings. The number of carbonyl (C=O) groups is 1. The SMILES string of the molecule is COCC(Cc1ccccc1)N(C)CC(=O)NCc1ccccc1. The van der Waals surface area contributed by atoms with Gasteiger partial charge in [-0.1, -0.05) is 60.7 Å². The number of methoxy groups -OCH3 is 1. The molecule has 0 heterocycles. The first kappa shape index (κ1) is 18.2. The van der Waals surface area contributed by atoms with E-state index >= 15 is 0 Å². The fourth-order valence-corrected chi connectivity index (χ4v) is 2.63. The molecule has 1 N–H and O–H groups in total. The van der Waals surface area contributed by atoms with Gasteiger partial charge in [0, 0.05) is 19.7 Å². The maximum absolute atomic E-state index is 12.2. The molecule has 0 aliphatic heterocycles. The number of carbonyl (C=O) groups excluding carboxylic acids is 1. The highest BCUT2D eigenvalue weighted by molar-refractivity contribution is 5.78. The number of likely N-dealkylation sites (N-methyl/N-ethyl adjacent to an activating group) is 1. The maximum atomic E-state index is 12.2. The van der Waals surface area contributed by atoms with E-state index < -0.39 is 0 Å². The summed E-state index contributed by atoms with van der Waals surface area (Å²) in [5.74, 6) is 0.0236. The number of hydrogen-bond acceptors (Lipinski definition) is 3. The van der Waals surface area contributed by atoms with E-state index in [9.17, 15) is 4.79 Å². The smallest absolute Gasteiger partial charge is 0.234 e. The topological polar surface area (TPSA) is 41.6 Å². The second-order valence-corrected chi connectivity index (χ2v) is 5.98. The Bertz CT molecular complexity index is 602.